The lowest BCUT2D eigenvalue weighted by molar-refractivity contribution is -0.120. The summed E-state index contributed by atoms with van der Waals surface area (Å²) in [6.45, 7) is 1.51. The fourth-order valence-electron chi connectivity index (χ4n) is 2.36. The molecule has 1 aromatic carbocycles. The highest BCUT2D eigenvalue weighted by molar-refractivity contribution is 7.10. The number of rotatable bonds is 7. The molecule has 0 radical (unpaired) electrons. The molecule has 1 atom stereocenters. The Morgan fingerprint density at radius 1 is 1.19 bits per heavy atom. The van der Waals surface area contributed by atoms with Gasteiger partial charge in [-0.25, -0.2) is 0 Å². The number of thiophene rings is 1. The lowest BCUT2D eigenvalue weighted by atomic mass is 10.1. The maximum atomic E-state index is 12.5. The van der Waals surface area contributed by atoms with Crippen LogP contribution in [0, 0.1) is 12.3 Å². The summed E-state index contributed by atoms with van der Waals surface area (Å²) in [6.07, 6.45) is 5.20. The van der Waals surface area contributed by atoms with Crippen molar-refractivity contribution in [2.24, 2.45) is 0 Å². The molecule has 6 nitrogen and oxygen atoms in total. The van der Waals surface area contributed by atoms with Crippen molar-refractivity contribution in [1.29, 1.82) is 0 Å². The first kappa shape index (κ1) is 19.2. The lowest BCUT2D eigenvalue weighted by Gasteiger charge is -2.17. The van der Waals surface area contributed by atoms with Crippen LogP contribution >= 0.6 is 11.3 Å². The predicted molar refractivity (Wildman–Crippen MR) is 102 cm³/mol. The van der Waals surface area contributed by atoms with Gasteiger partial charge >= 0.3 is 0 Å². The summed E-state index contributed by atoms with van der Waals surface area (Å²) in [5.74, 6) is 1.44. The predicted octanol–water partition coefficient (Wildman–Crippen LogP) is 2.32. The van der Waals surface area contributed by atoms with Crippen molar-refractivity contribution in [1.82, 2.24) is 10.6 Å². The van der Waals surface area contributed by atoms with Crippen molar-refractivity contribution in [2.75, 3.05) is 11.9 Å². The fraction of sp³-hybridized carbons (Fsp3) is 0.211. The van der Waals surface area contributed by atoms with E-state index in [1.807, 2.05) is 17.5 Å². The van der Waals surface area contributed by atoms with Gasteiger partial charge in [0.25, 0.3) is 5.91 Å². The lowest BCUT2D eigenvalue weighted by Crippen LogP contribution is -2.30. The SMILES string of the molecule is C#CCNC(=O)c1ccccc1NC(=O)CC(NC(C)=O)c1cccs1. The van der Waals surface area contributed by atoms with Crippen LogP contribution in [0.25, 0.3) is 0 Å². The number of nitrogens with one attached hydrogen (secondary N) is 3. The highest BCUT2D eigenvalue weighted by Gasteiger charge is 2.19. The summed E-state index contributed by atoms with van der Waals surface area (Å²) in [5.41, 5.74) is 0.711. The highest BCUT2D eigenvalue weighted by atomic mass is 32.1. The number of carbonyl (C=O) groups excluding carboxylic acids is 3. The van der Waals surface area contributed by atoms with Gasteiger partial charge in [0, 0.05) is 11.8 Å². The minimum Gasteiger partial charge on any atom is -0.348 e. The second-order valence-corrected chi connectivity index (χ2v) is 6.43. The van der Waals surface area contributed by atoms with E-state index in [4.69, 9.17) is 6.42 Å². The molecule has 2 aromatic rings. The van der Waals surface area contributed by atoms with Crippen LogP contribution < -0.4 is 16.0 Å². The third-order valence-corrected chi connectivity index (χ3v) is 4.44. The molecular formula is C19H19N3O3S. The number of para-hydroxylation sites is 1. The van der Waals surface area contributed by atoms with Crippen LogP contribution in [0.15, 0.2) is 41.8 Å². The summed E-state index contributed by atoms with van der Waals surface area (Å²) in [6, 6.07) is 9.96. The number of carbonyl (C=O) groups is 3. The van der Waals surface area contributed by atoms with Crippen LogP contribution in [-0.4, -0.2) is 24.3 Å². The number of benzene rings is 1. The summed E-state index contributed by atoms with van der Waals surface area (Å²) in [5, 5.41) is 9.96. The Hall–Kier alpha value is -3.11. The second-order valence-electron chi connectivity index (χ2n) is 5.45. The molecule has 0 saturated heterocycles. The Morgan fingerprint density at radius 2 is 1.96 bits per heavy atom. The van der Waals surface area contributed by atoms with Crippen LogP contribution in [0.1, 0.15) is 34.6 Å². The normalized spacial score (nSPS) is 11.1. The van der Waals surface area contributed by atoms with Gasteiger partial charge in [-0.3, -0.25) is 14.4 Å². The molecule has 1 unspecified atom stereocenters. The van der Waals surface area contributed by atoms with Crippen molar-refractivity contribution in [3.63, 3.8) is 0 Å². The fourth-order valence-corrected chi connectivity index (χ4v) is 3.14. The Balaban J connectivity index is 2.10. The van der Waals surface area contributed by atoms with Crippen LogP contribution in [0.5, 0.6) is 0 Å². The number of hydrogen-bond acceptors (Lipinski definition) is 4. The molecule has 0 saturated carbocycles. The maximum Gasteiger partial charge on any atom is 0.254 e. The molecule has 1 heterocycles. The molecule has 2 rings (SSSR count). The Labute approximate surface area is 156 Å². The highest BCUT2D eigenvalue weighted by Crippen LogP contribution is 2.23. The molecule has 26 heavy (non-hydrogen) atoms. The summed E-state index contributed by atoms with van der Waals surface area (Å²) in [4.78, 5) is 36.9. The molecule has 0 aliphatic rings. The summed E-state index contributed by atoms with van der Waals surface area (Å²) < 4.78 is 0. The van der Waals surface area contributed by atoms with Gasteiger partial charge in [-0.2, -0.15) is 0 Å². The number of hydrogen-bond donors (Lipinski definition) is 3. The van der Waals surface area contributed by atoms with Crippen LogP contribution in [0.4, 0.5) is 5.69 Å². The van der Waals surface area contributed by atoms with Gasteiger partial charge in [-0.15, -0.1) is 17.8 Å². The second kappa shape index (κ2) is 9.39. The zero-order valence-electron chi connectivity index (χ0n) is 14.2. The largest absolute Gasteiger partial charge is 0.348 e. The minimum absolute atomic E-state index is 0.0560. The average molecular weight is 369 g/mol. The number of amides is 3. The topological polar surface area (TPSA) is 87.3 Å². The average Bonchev–Trinajstić information content (AvgIpc) is 3.13. The first-order chi connectivity index (χ1) is 12.5. The van der Waals surface area contributed by atoms with E-state index in [9.17, 15) is 14.4 Å². The zero-order chi connectivity index (χ0) is 18.9. The molecule has 0 bridgehead atoms. The Kier molecular flexibility index (Phi) is 6.94. The van der Waals surface area contributed by atoms with Crippen molar-refractivity contribution in [3.8, 4) is 12.3 Å². The van der Waals surface area contributed by atoms with E-state index in [0.717, 1.165) is 4.88 Å². The van der Waals surface area contributed by atoms with Gasteiger partial charge in [0.2, 0.25) is 11.8 Å². The smallest absolute Gasteiger partial charge is 0.254 e. The van der Waals surface area contributed by atoms with Gasteiger partial charge in [0.05, 0.1) is 30.3 Å². The molecule has 0 aliphatic heterocycles. The molecule has 7 heteroatoms. The van der Waals surface area contributed by atoms with Gasteiger partial charge in [0.15, 0.2) is 0 Å². The van der Waals surface area contributed by atoms with Gasteiger partial charge in [-0.05, 0) is 23.6 Å². The summed E-state index contributed by atoms with van der Waals surface area (Å²) >= 11 is 1.46. The third-order valence-electron chi connectivity index (χ3n) is 3.45. The van der Waals surface area contributed by atoms with Crippen LogP contribution in [-0.2, 0) is 9.59 Å². The third kappa shape index (κ3) is 5.46. The van der Waals surface area contributed by atoms with E-state index in [1.165, 1.54) is 18.3 Å². The van der Waals surface area contributed by atoms with E-state index in [-0.39, 0.29) is 30.7 Å². The summed E-state index contributed by atoms with van der Waals surface area (Å²) in [7, 11) is 0. The van der Waals surface area contributed by atoms with E-state index in [2.05, 4.69) is 21.9 Å². The molecule has 3 N–H and O–H groups in total. The Bertz CT molecular complexity index is 825. The van der Waals surface area contributed by atoms with Gasteiger partial charge in [-0.1, -0.05) is 24.1 Å². The standard InChI is InChI=1S/C19H19N3O3S/c1-3-10-20-19(25)14-7-4-5-8-15(14)22-18(24)12-16(21-13(2)23)17-9-6-11-26-17/h1,4-9,11,16H,10,12H2,2H3,(H,20,25)(H,21,23)(H,22,24). The van der Waals surface area contributed by atoms with Crippen molar-refractivity contribution < 1.29 is 14.4 Å². The van der Waals surface area contributed by atoms with Crippen LogP contribution in [0.2, 0.25) is 0 Å². The number of anilines is 1. The quantitative estimate of drug-likeness (QED) is 0.655. The minimum atomic E-state index is -0.421. The molecule has 3 amide bonds. The van der Waals surface area contributed by atoms with Gasteiger partial charge < -0.3 is 16.0 Å². The molecule has 0 spiro atoms. The van der Waals surface area contributed by atoms with E-state index in [1.54, 1.807) is 24.3 Å². The first-order valence-electron chi connectivity index (χ1n) is 7.92. The van der Waals surface area contributed by atoms with Gasteiger partial charge in [0.1, 0.15) is 0 Å². The first-order valence-corrected chi connectivity index (χ1v) is 8.80. The molecule has 1 aromatic heterocycles. The molecule has 0 aliphatic carbocycles. The molecular weight excluding hydrogens is 350 g/mol. The van der Waals surface area contributed by atoms with E-state index < -0.39 is 6.04 Å². The Morgan fingerprint density at radius 3 is 2.62 bits per heavy atom. The molecule has 134 valence electrons. The zero-order valence-corrected chi connectivity index (χ0v) is 15.1. The van der Waals surface area contributed by atoms with E-state index >= 15 is 0 Å². The number of terminal acetylenes is 1. The van der Waals surface area contributed by atoms with Crippen molar-refractivity contribution >= 4 is 34.7 Å². The monoisotopic (exact) mass is 369 g/mol. The molecule has 0 fully saturated rings. The van der Waals surface area contributed by atoms with Crippen LogP contribution in [0.3, 0.4) is 0 Å². The van der Waals surface area contributed by atoms with Crippen molar-refractivity contribution in [2.45, 2.75) is 19.4 Å². The van der Waals surface area contributed by atoms with Crippen molar-refractivity contribution in [3.05, 3.63) is 52.2 Å². The van der Waals surface area contributed by atoms with E-state index in [0.29, 0.717) is 11.3 Å². The maximum absolute atomic E-state index is 12.5.